The first kappa shape index (κ1) is 15.1. The van der Waals surface area contributed by atoms with Crippen molar-refractivity contribution in [2.75, 3.05) is 10.5 Å². The van der Waals surface area contributed by atoms with Crippen molar-refractivity contribution in [1.82, 2.24) is 0 Å². The summed E-state index contributed by atoms with van der Waals surface area (Å²) < 4.78 is 40.4. The molecule has 8 heteroatoms. The van der Waals surface area contributed by atoms with Gasteiger partial charge in [-0.1, -0.05) is 11.6 Å². The molecular weight excluding hydrogens is 371 g/mol. The average Bonchev–Trinajstić information content (AvgIpc) is 2.35. The lowest BCUT2D eigenvalue weighted by Gasteiger charge is -2.11. The first-order valence-electron chi connectivity index (χ1n) is 5.32. The van der Waals surface area contributed by atoms with Crippen molar-refractivity contribution in [2.45, 2.75) is 4.90 Å². The highest BCUT2D eigenvalue weighted by atomic mass is 79.9. The Balaban J connectivity index is 2.43. The van der Waals surface area contributed by atoms with Gasteiger partial charge in [-0.05, 0) is 52.3 Å². The van der Waals surface area contributed by atoms with Crippen LogP contribution < -0.4 is 10.5 Å². The van der Waals surface area contributed by atoms with Crippen LogP contribution in [0.4, 0.5) is 15.8 Å². The summed E-state index contributed by atoms with van der Waals surface area (Å²) in [5.41, 5.74) is 5.81. The minimum absolute atomic E-state index is 0.0380. The van der Waals surface area contributed by atoms with E-state index in [1.807, 2.05) is 0 Å². The number of anilines is 2. The minimum Gasteiger partial charge on any atom is -0.398 e. The second-order valence-corrected chi connectivity index (χ2v) is 6.85. The van der Waals surface area contributed by atoms with Gasteiger partial charge in [0.2, 0.25) is 0 Å². The van der Waals surface area contributed by atoms with E-state index in [-0.39, 0.29) is 16.3 Å². The van der Waals surface area contributed by atoms with Gasteiger partial charge in [-0.3, -0.25) is 4.72 Å². The summed E-state index contributed by atoms with van der Waals surface area (Å²) in [4.78, 5) is -0.320. The Morgan fingerprint density at radius 1 is 1.20 bits per heavy atom. The lowest BCUT2D eigenvalue weighted by Crippen LogP contribution is -2.15. The Morgan fingerprint density at radius 3 is 2.55 bits per heavy atom. The summed E-state index contributed by atoms with van der Waals surface area (Å²) in [7, 11) is -3.99. The minimum atomic E-state index is -3.99. The Bertz CT molecular complexity index is 768. The highest BCUT2D eigenvalue weighted by Crippen LogP contribution is 2.29. The molecule has 3 N–H and O–H groups in total. The van der Waals surface area contributed by atoms with Gasteiger partial charge in [-0.25, -0.2) is 12.8 Å². The quantitative estimate of drug-likeness (QED) is 0.800. The molecule has 20 heavy (non-hydrogen) atoms. The maximum atomic E-state index is 13.2. The molecule has 0 saturated carbocycles. The number of nitrogen functional groups attached to an aromatic ring is 1. The van der Waals surface area contributed by atoms with E-state index in [0.717, 1.165) is 12.1 Å². The number of rotatable bonds is 3. The van der Waals surface area contributed by atoms with Crippen LogP contribution in [-0.2, 0) is 10.0 Å². The lowest BCUT2D eigenvalue weighted by molar-refractivity contribution is 0.596. The normalized spacial score (nSPS) is 11.3. The second kappa shape index (κ2) is 5.59. The smallest absolute Gasteiger partial charge is 0.264 e. The molecule has 0 atom stereocenters. The predicted octanol–water partition coefficient (Wildman–Crippen LogP) is 3.62. The monoisotopic (exact) mass is 378 g/mol. The predicted molar refractivity (Wildman–Crippen MR) is 80.8 cm³/mol. The zero-order chi connectivity index (χ0) is 14.9. The summed E-state index contributed by atoms with van der Waals surface area (Å²) >= 11 is 8.96. The fourth-order valence-electron chi connectivity index (χ4n) is 1.51. The Hall–Kier alpha value is -1.31. The van der Waals surface area contributed by atoms with Gasteiger partial charge in [0.05, 0.1) is 11.4 Å². The van der Waals surface area contributed by atoms with E-state index >= 15 is 0 Å². The number of sulfonamides is 1. The molecule has 0 heterocycles. The SMILES string of the molecule is Nc1ccc(F)cc1S(=O)(=O)Nc1ccc(Cl)cc1Br. The molecule has 0 radical (unpaired) electrons. The average molecular weight is 380 g/mol. The van der Waals surface area contributed by atoms with Crippen LogP contribution in [0.1, 0.15) is 0 Å². The Morgan fingerprint density at radius 2 is 1.90 bits per heavy atom. The van der Waals surface area contributed by atoms with Gasteiger partial charge in [-0.2, -0.15) is 0 Å². The van der Waals surface area contributed by atoms with Crippen LogP contribution >= 0.6 is 27.5 Å². The van der Waals surface area contributed by atoms with Crippen molar-refractivity contribution < 1.29 is 12.8 Å². The van der Waals surface area contributed by atoms with Gasteiger partial charge in [0.25, 0.3) is 10.0 Å². The fraction of sp³-hybridized carbons (Fsp3) is 0. The number of hydrogen-bond acceptors (Lipinski definition) is 3. The van der Waals surface area contributed by atoms with E-state index in [2.05, 4.69) is 20.7 Å². The number of halogens is 3. The molecule has 2 rings (SSSR count). The van der Waals surface area contributed by atoms with Gasteiger partial charge in [0.1, 0.15) is 10.7 Å². The summed E-state index contributed by atoms with van der Waals surface area (Å²) in [5, 5.41) is 0.449. The van der Waals surface area contributed by atoms with Crippen LogP contribution in [0.25, 0.3) is 0 Å². The van der Waals surface area contributed by atoms with Crippen molar-refractivity contribution in [3.8, 4) is 0 Å². The fourth-order valence-corrected chi connectivity index (χ4v) is 3.65. The number of benzene rings is 2. The molecule has 0 aliphatic heterocycles. The third-order valence-corrected chi connectivity index (χ3v) is 4.75. The number of nitrogens with one attached hydrogen (secondary N) is 1. The second-order valence-electron chi connectivity index (χ2n) is 3.91. The first-order valence-corrected chi connectivity index (χ1v) is 7.98. The van der Waals surface area contributed by atoms with E-state index in [1.165, 1.54) is 24.3 Å². The van der Waals surface area contributed by atoms with E-state index in [4.69, 9.17) is 17.3 Å². The summed E-state index contributed by atoms with van der Waals surface area (Å²) in [6.07, 6.45) is 0. The van der Waals surface area contributed by atoms with Crippen LogP contribution in [0.15, 0.2) is 45.8 Å². The van der Waals surface area contributed by atoms with Crippen molar-refractivity contribution in [3.05, 3.63) is 51.7 Å². The van der Waals surface area contributed by atoms with Gasteiger partial charge < -0.3 is 5.73 Å². The molecule has 0 fully saturated rings. The van der Waals surface area contributed by atoms with E-state index in [9.17, 15) is 12.8 Å². The van der Waals surface area contributed by atoms with Crippen LogP contribution in [0, 0.1) is 5.82 Å². The van der Waals surface area contributed by atoms with Crippen LogP contribution in [0.3, 0.4) is 0 Å². The Kier molecular flexibility index (Phi) is 4.22. The van der Waals surface area contributed by atoms with Crippen LogP contribution in [0.5, 0.6) is 0 Å². The lowest BCUT2D eigenvalue weighted by atomic mass is 10.3. The molecule has 2 aromatic carbocycles. The number of nitrogens with two attached hydrogens (primary N) is 1. The van der Waals surface area contributed by atoms with E-state index < -0.39 is 15.8 Å². The van der Waals surface area contributed by atoms with E-state index in [1.54, 1.807) is 0 Å². The van der Waals surface area contributed by atoms with E-state index in [0.29, 0.717) is 9.50 Å². The summed E-state index contributed by atoms with van der Waals surface area (Å²) in [6, 6.07) is 7.70. The first-order chi connectivity index (χ1) is 9.29. The molecule has 0 aliphatic rings. The Labute approximate surface area is 128 Å². The molecule has 2 aromatic rings. The highest BCUT2D eigenvalue weighted by Gasteiger charge is 2.19. The molecule has 4 nitrogen and oxygen atoms in total. The summed E-state index contributed by atoms with van der Waals surface area (Å²) in [5.74, 6) is -0.685. The maximum absolute atomic E-state index is 13.2. The van der Waals surface area contributed by atoms with Crippen molar-refractivity contribution >= 4 is 48.9 Å². The molecule has 0 aromatic heterocycles. The maximum Gasteiger partial charge on any atom is 0.264 e. The van der Waals surface area contributed by atoms with Crippen LogP contribution in [0.2, 0.25) is 5.02 Å². The molecule has 0 spiro atoms. The van der Waals surface area contributed by atoms with Crippen molar-refractivity contribution in [1.29, 1.82) is 0 Å². The third-order valence-electron chi connectivity index (χ3n) is 2.44. The van der Waals surface area contributed by atoms with Gasteiger partial charge in [0, 0.05) is 9.50 Å². The zero-order valence-corrected chi connectivity index (χ0v) is 13.1. The molecule has 0 amide bonds. The van der Waals surface area contributed by atoms with Crippen molar-refractivity contribution in [3.63, 3.8) is 0 Å². The molecule has 0 bridgehead atoms. The summed E-state index contributed by atoms with van der Waals surface area (Å²) in [6.45, 7) is 0. The molecule has 0 aliphatic carbocycles. The largest absolute Gasteiger partial charge is 0.398 e. The topological polar surface area (TPSA) is 72.2 Å². The van der Waals surface area contributed by atoms with Crippen molar-refractivity contribution in [2.24, 2.45) is 0 Å². The molecule has 0 unspecified atom stereocenters. The van der Waals surface area contributed by atoms with Gasteiger partial charge >= 0.3 is 0 Å². The molecule has 0 saturated heterocycles. The van der Waals surface area contributed by atoms with Gasteiger partial charge in [-0.15, -0.1) is 0 Å². The number of hydrogen-bond donors (Lipinski definition) is 2. The van der Waals surface area contributed by atoms with Gasteiger partial charge in [0.15, 0.2) is 0 Å². The molecule has 106 valence electrons. The zero-order valence-electron chi connectivity index (χ0n) is 9.90. The standard InChI is InChI=1S/C12H9BrClFN2O2S/c13-9-5-7(14)1-4-11(9)17-20(18,19)12-6-8(15)2-3-10(12)16/h1-6,17H,16H2. The van der Waals surface area contributed by atoms with Crippen LogP contribution in [-0.4, -0.2) is 8.42 Å². The third kappa shape index (κ3) is 3.23. The highest BCUT2D eigenvalue weighted by molar-refractivity contribution is 9.10. The molecular formula is C12H9BrClFN2O2S.